The van der Waals surface area contributed by atoms with E-state index in [0.717, 1.165) is 18.4 Å². The highest BCUT2D eigenvalue weighted by molar-refractivity contribution is 5.13. The number of aliphatic hydroxyl groups excluding tert-OH is 1. The van der Waals surface area contributed by atoms with Crippen molar-refractivity contribution in [2.24, 2.45) is 0 Å². The van der Waals surface area contributed by atoms with Gasteiger partial charge in [-0.05, 0) is 12.0 Å². The maximum absolute atomic E-state index is 9.23. The van der Waals surface area contributed by atoms with E-state index >= 15 is 0 Å². The fourth-order valence-electron chi connectivity index (χ4n) is 1.61. The van der Waals surface area contributed by atoms with Crippen molar-refractivity contribution in [3.8, 4) is 0 Å². The smallest absolute Gasteiger partial charge is 0.158 e. The first kappa shape index (κ1) is 10.6. The van der Waals surface area contributed by atoms with Gasteiger partial charge in [0, 0.05) is 6.42 Å². The molecular formula is C12H16O3. The molecule has 0 aromatic heterocycles. The molecular weight excluding hydrogens is 192 g/mol. The van der Waals surface area contributed by atoms with Gasteiger partial charge < -0.3 is 14.6 Å². The average molecular weight is 208 g/mol. The summed E-state index contributed by atoms with van der Waals surface area (Å²) in [4.78, 5) is 0. The quantitative estimate of drug-likeness (QED) is 0.821. The van der Waals surface area contributed by atoms with Crippen LogP contribution in [0.2, 0.25) is 0 Å². The van der Waals surface area contributed by atoms with E-state index in [1.54, 1.807) is 0 Å². The van der Waals surface area contributed by atoms with Crippen molar-refractivity contribution in [1.29, 1.82) is 0 Å². The lowest BCUT2D eigenvalue weighted by atomic mass is 10.1. The van der Waals surface area contributed by atoms with Crippen LogP contribution >= 0.6 is 0 Å². The van der Waals surface area contributed by atoms with Crippen LogP contribution in [0.25, 0.3) is 0 Å². The summed E-state index contributed by atoms with van der Waals surface area (Å²) in [5, 5.41) is 9.23. The summed E-state index contributed by atoms with van der Waals surface area (Å²) in [6.45, 7) is 0.959. The van der Waals surface area contributed by atoms with Gasteiger partial charge in [-0.2, -0.15) is 0 Å². The predicted octanol–water partition coefficient (Wildman–Crippen LogP) is 1.70. The van der Waals surface area contributed by atoms with Gasteiger partial charge in [0.1, 0.15) is 0 Å². The van der Waals surface area contributed by atoms with Gasteiger partial charge in [-0.15, -0.1) is 0 Å². The Balaban J connectivity index is 1.74. The van der Waals surface area contributed by atoms with Gasteiger partial charge in [-0.3, -0.25) is 0 Å². The van der Waals surface area contributed by atoms with Crippen molar-refractivity contribution < 1.29 is 14.6 Å². The minimum absolute atomic E-state index is 0.159. The number of hydrogen-bond donors (Lipinski definition) is 1. The first-order valence-electron chi connectivity index (χ1n) is 5.30. The molecule has 1 aromatic carbocycles. The number of hydrogen-bond acceptors (Lipinski definition) is 3. The molecule has 0 unspecified atom stereocenters. The van der Waals surface area contributed by atoms with Crippen molar-refractivity contribution in [2.75, 3.05) is 6.61 Å². The van der Waals surface area contributed by atoms with Crippen LogP contribution in [0.3, 0.4) is 0 Å². The second-order valence-electron chi connectivity index (χ2n) is 3.79. The Hall–Kier alpha value is -0.900. The zero-order chi connectivity index (χ0) is 10.5. The highest BCUT2D eigenvalue weighted by Gasteiger charge is 2.19. The summed E-state index contributed by atoms with van der Waals surface area (Å²) in [5.74, 6) is 0. The highest BCUT2D eigenvalue weighted by atomic mass is 16.7. The summed E-state index contributed by atoms with van der Waals surface area (Å²) in [7, 11) is 0. The van der Waals surface area contributed by atoms with Gasteiger partial charge in [-0.1, -0.05) is 30.3 Å². The van der Waals surface area contributed by atoms with E-state index in [-0.39, 0.29) is 12.4 Å². The minimum atomic E-state index is -0.318. The molecule has 1 aliphatic heterocycles. The third kappa shape index (κ3) is 3.30. The number of benzene rings is 1. The second-order valence-corrected chi connectivity index (χ2v) is 3.79. The van der Waals surface area contributed by atoms with E-state index in [1.165, 1.54) is 0 Å². The first-order chi connectivity index (χ1) is 7.34. The standard InChI is InChI=1S/C12H16O3/c13-11-6-7-12(15-9-11)14-8-10-4-2-1-3-5-10/h1-5,11-13H,6-9H2/t11-,12-/m1/s1. The van der Waals surface area contributed by atoms with E-state index in [2.05, 4.69) is 0 Å². The third-order valence-electron chi connectivity index (χ3n) is 2.49. The van der Waals surface area contributed by atoms with Crippen LogP contribution in [-0.4, -0.2) is 24.1 Å². The maximum Gasteiger partial charge on any atom is 0.158 e. The number of ether oxygens (including phenoxy) is 2. The predicted molar refractivity (Wildman–Crippen MR) is 56.2 cm³/mol. The molecule has 82 valence electrons. The summed E-state index contributed by atoms with van der Waals surface area (Å²) in [5.41, 5.74) is 1.15. The minimum Gasteiger partial charge on any atom is -0.391 e. The Morgan fingerprint density at radius 2 is 2.07 bits per heavy atom. The molecule has 0 spiro atoms. The summed E-state index contributed by atoms with van der Waals surface area (Å²) < 4.78 is 10.9. The van der Waals surface area contributed by atoms with Crippen LogP contribution in [0.5, 0.6) is 0 Å². The van der Waals surface area contributed by atoms with Gasteiger partial charge in [0.25, 0.3) is 0 Å². The molecule has 1 fully saturated rings. The van der Waals surface area contributed by atoms with Crippen LogP contribution in [0.1, 0.15) is 18.4 Å². The molecule has 3 heteroatoms. The summed E-state index contributed by atoms with van der Waals surface area (Å²) in [6.07, 6.45) is 1.06. The van der Waals surface area contributed by atoms with Crippen LogP contribution < -0.4 is 0 Å². The molecule has 0 aliphatic carbocycles. The van der Waals surface area contributed by atoms with E-state index in [1.807, 2.05) is 30.3 Å². The van der Waals surface area contributed by atoms with E-state index in [9.17, 15) is 5.11 Å². The van der Waals surface area contributed by atoms with Crippen molar-refractivity contribution in [1.82, 2.24) is 0 Å². The fraction of sp³-hybridized carbons (Fsp3) is 0.500. The number of aliphatic hydroxyl groups is 1. The summed E-state index contributed by atoms with van der Waals surface area (Å²) in [6, 6.07) is 10.0. The molecule has 1 N–H and O–H groups in total. The molecule has 0 radical (unpaired) electrons. The Labute approximate surface area is 89.6 Å². The number of rotatable bonds is 3. The molecule has 2 rings (SSSR count). The SMILES string of the molecule is O[C@@H]1CC[C@H](OCc2ccccc2)OC1. The Bertz CT molecular complexity index is 278. The normalized spacial score (nSPS) is 26.5. The van der Waals surface area contributed by atoms with Crippen LogP contribution in [0.4, 0.5) is 0 Å². The molecule has 1 saturated heterocycles. The van der Waals surface area contributed by atoms with Crippen molar-refractivity contribution >= 4 is 0 Å². The molecule has 1 heterocycles. The molecule has 1 aliphatic rings. The summed E-state index contributed by atoms with van der Waals surface area (Å²) >= 11 is 0. The highest BCUT2D eigenvalue weighted by Crippen LogP contribution is 2.15. The molecule has 0 amide bonds. The average Bonchev–Trinajstić information content (AvgIpc) is 2.30. The van der Waals surface area contributed by atoms with Crippen LogP contribution in [0.15, 0.2) is 30.3 Å². The van der Waals surface area contributed by atoms with E-state index < -0.39 is 0 Å². The zero-order valence-corrected chi connectivity index (χ0v) is 8.63. The fourth-order valence-corrected chi connectivity index (χ4v) is 1.61. The molecule has 2 atom stereocenters. The lowest BCUT2D eigenvalue weighted by Gasteiger charge is -2.26. The van der Waals surface area contributed by atoms with Gasteiger partial charge in [0.05, 0.1) is 19.3 Å². The van der Waals surface area contributed by atoms with Crippen LogP contribution in [0, 0.1) is 0 Å². The van der Waals surface area contributed by atoms with Gasteiger partial charge in [0.2, 0.25) is 0 Å². The lowest BCUT2D eigenvalue weighted by molar-refractivity contribution is -0.191. The topological polar surface area (TPSA) is 38.7 Å². The zero-order valence-electron chi connectivity index (χ0n) is 8.63. The molecule has 1 aromatic rings. The Morgan fingerprint density at radius 3 is 2.73 bits per heavy atom. The lowest BCUT2D eigenvalue weighted by Crippen LogP contribution is -2.30. The molecule has 0 saturated carbocycles. The van der Waals surface area contributed by atoms with Crippen LogP contribution in [-0.2, 0) is 16.1 Å². The van der Waals surface area contributed by atoms with Crippen molar-refractivity contribution in [3.63, 3.8) is 0 Å². The molecule has 15 heavy (non-hydrogen) atoms. The van der Waals surface area contributed by atoms with Crippen molar-refractivity contribution in [3.05, 3.63) is 35.9 Å². The van der Waals surface area contributed by atoms with Gasteiger partial charge in [-0.25, -0.2) is 0 Å². The largest absolute Gasteiger partial charge is 0.391 e. The molecule has 3 nitrogen and oxygen atoms in total. The Kier molecular flexibility index (Phi) is 3.72. The second kappa shape index (κ2) is 5.26. The van der Waals surface area contributed by atoms with Gasteiger partial charge in [0.15, 0.2) is 6.29 Å². The maximum atomic E-state index is 9.23. The van der Waals surface area contributed by atoms with Gasteiger partial charge >= 0.3 is 0 Å². The third-order valence-corrected chi connectivity index (χ3v) is 2.49. The first-order valence-corrected chi connectivity index (χ1v) is 5.30. The molecule has 0 bridgehead atoms. The van der Waals surface area contributed by atoms with Crippen molar-refractivity contribution in [2.45, 2.75) is 31.8 Å². The van der Waals surface area contributed by atoms with E-state index in [0.29, 0.717) is 13.2 Å². The Morgan fingerprint density at radius 1 is 1.27 bits per heavy atom. The van der Waals surface area contributed by atoms with E-state index in [4.69, 9.17) is 9.47 Å². The monoisotopic (exact) mass is 208 g/mol.